The van der Waals surface area contributed by atoms with Gasteiger partial charge in [-0.25, -0.2) is 10.9 Å². The highest BCUT2D eigenvalue weighted by Gasteiger charge is 2.29. The summed E-state index contributed by atoms with van der Waals surface area (Å²) in [5.41, 5.74) is 10.9. The van der Waals surface area contributed by atoms with E-state index in [1.54, 1.807) is 7.11 Å². The van der Waals surface area contributed by atoms with E-state index in [1.807, 2.05) is 36.4 Å². The number of benzene rings is 2. The first-order chi connectivity index (χ1) is 14.8. The summed E-state index contributed by atoms with van der Waals surface area (Å²) in [5.74, 6) is 0.804. The van der Waals surface area contributed by atoms with E-state index in [9.17, 15) is 4.79 Å². The number of hydrogen-bond acceptors (Lipinski definition) is 4. The quantitative estimate of drug-likeness (QED) is 0.577. The number of carbonyl (C=O) groups excluding carboxylic acids is 1. The van der Waals surface area contributed by atoms with Crippen LogP contribution in [0.4, 0.5) is 0 Å². The van der Waals surface area contributed by atoms with Crippen LogP contribution >= 0.6 is 0 Å². The van der Waals surface area contributed by atoms with Gasteiger partial charge in [-0.1, -0.05) is 39.0 Å². The molecule has 0 spiro atoms. The second-order valence-electron chi connectivity index (χ2n) is 9.14. The van der Waals surface area contributed by atoms with Crippen LogP contribution in [0.1, 0.15) is 61.8 Å². The smallest absolute Gasteiger partial charge is 0.252 e. The van der Waals surface area contributed by atoms with E-state index < -0.39 is 0 Å². The highest BCUT2D eigenvalue weighted by Crippen LogP contribution is 2.33. The number of carbonyl (C=O) groups is 1. The molecule has 31 heavy (non-hydrogen) atoms. The summed E-state index contributed by atoms with van der Waals surface area (Å²) in [5, 5.41) is 4.21. The first-order valence-corrected chi connectivity index (χ1v) is 10.9. The van der Waals surface area contributed by atoms with Gasteiger partial charge in [0.15, 0.2) is 0 Å². The predicted octanol–water partition coefficient (Wildman–Crippen LogP) is 4.26. The van der Waals surface area contributed by atoms with Crippen LogP contribution in [-0.4, -0.2) is 23.7 Å². The van der Waals surface area contributed by atoms with Crippen LogP contribution in [0.15, 0.2) is 48.5 Å². The maximum atomic E-state index is 12.8. The van der Waals surface area contributed by atoms with Gasteiger partial charge in [-0.15, -0.1) is 0 Å². The fraction of sp³-hybridized carbons (Fsp3) is 0.400. The average molecular weight is 421 g/mol. The third-order valence-corrected chi connectivity index (χ3v) is 6.05. The molecule has 0 aliphatic carbocycles. The van der Waals surface area contributed by atoms with Crippen LogP contribution in [0.5, 0.6) is 5.75 Å². The molecule has 1 aromatic heterocycles. The molecule has 1 amide bonds. The standard InChI is InChI=1S/C25H32N4O2/c1-6-29-20-8-7-9-22(31-5)18(20)14-21(29)19-15-23(28-27-19)26-24(30)16-10-12-17(13-11-16)25(2,3)4/h7-14,19,23,27-28H,6,15H2,1-5H3,(H,26,30). The van der Waals surface area contributed by atoms with Crippen molar-refractivity contribution in [1.82, 2.24) is 20.7 Å². The van der Waals surface area contributed by atoms with Gasteiger partial charge in [0.25, 0.3) is 5.91 Å². The molecule has 1 aliphatic heterocycles. The molecule has 3 aromatic rings. The lowest BCUT2D eigenvalue weighted by Crippen LogP contribution is -2.44. The molecule has 3 N–H and O–H groups in total. The van der Waals surface area contributed by atoms with E-state index >= 15 is 0 Å². The van der Waals surface area contributed by atoms with E-state index in [4.69, 9.17) is 4.74 Å². The number of ether oxygens (including phenoxy) is 1. The number of methoxy groups -OCH3 is 1. The second-order valence-corrected chi connectivity index (χ2v) is 9.14. The summed E-state index contributed by atoms with van der Waals surface area (Å²) in [6.07, 6.45) is 0.606. The van der Waals surface area contributed by atoms with E-state index in [2.05, 4.69) is 60.6 Å². The Bertz CT molecular complexity index is 1080. The van der Waals surface area contributed by atoms with Crippen LogP contribution < -0.4 is 20.9 Å². The van der Waals surface area contributed by atoms with Crippen molar-refractivity contribution < 1.29 is 9.53 Å². The van der Waals surface area contributed by atoms with Crippen LogP contribution in [-0.2, 0) is 12.0 Å². The number of rotatable bonds is 5. The van der Waals surface area contributed by atoms with Crippen LogP contribution in [0.2, 0.25) is 0 Å². The Morgan fingerprint density at radius 1 is 1.16 bits per heavy atom. The second kappa shape index (κ2) is 8.36. The Labute approximate surface area is 183 Å². The van der Waals surface area contributed by atoms with E-state index in [0.717, 1.165) is 29.6 Å². The molecule has 1 saturated heterocycles. The lowest BCUT2D eigenvalue weighted by molar-refractivity contribution is 0.0932. The van der Waals surface area contributed by atoms with Gasteiger partial charge >= 0.3 is 0 Å². The molecule has 2 aromatic carbocycles. The number of aryl methyl sites for hydroxylation is 1. The maximum Gasteiger partial charge on any atom is 0.252 e. The Hall–Kier alpha value is -2.83. The van der Waals surface area contributed by atoms with Crippen LogP contribution in [0.3, 0.4) is 0 Å². The number of amides is 1. The van der Waals surface area contributed by atoms with E-state index in [-0.39, 0.29) is 23.5 Å². The summed E-state index contributed by atoms with van der Waals surface area (Å²) < 4.78 is 7.85. The molecule has 0 bridgehead atoms. The Balaban J connectivity index is 1.48. The van der Waals surface area contributed by atoms with Crippen molar-refractivity contribution >= 4 is 16.8 Å². The van der Waals surface area contributed by atoms with Gasteiger partial charge in [0.05, 0.1) is 24.8 Å². The van der Waals surface area contributed by atoms with Gasteiger partial charge in [0.1, 0.15) is 5.75 Å². The zero-order valence-corrected chi connectivity index (χ0v) is 19.0. The summed E-state index contributed by atoms with van der Waals surface area (Å²) in [7, 11) is 1.70. The van der Waals surface area contributed by atoms with Crippen molar-refractivity contribution in [2.75, 3.05) is 7.11 Å². The number of hydrogen-bond donors (Lipinski definition) is 3. The normalized spacial score (nSPS) is 19.0. The summed E-state index contributed by atoms with van der Waals surface area (Å²) in [6, 6.07) is 16.3. The van der Waals surface area contributed by atoms with E-state index in [0.29, 0.717) is 5.56 Å². The van der Waals surface area contributed by atoms with E-state index in [1.165, 1.54) is 11.3 Å². The summed E-state index contributed by atoms with van der Waals surface area (Å²) >= 11 is 0. The van der Waals surface area contributed by atoms with Crippen molar-refractivity contribution in [2.24, 2.45) is 0 Å². The maximum absolute atomic E-state index is 12.8. The molecule has 2 unspecified atom stereocenters. The molecule has 6 heteroatoms. The minimum absolute atomic E-state index is 0.0690. The average Bonchev–Trinajstić information content (AvgIpc) is 3.36. The van der Waals surface area contributed by atoms with Crippen LogP contribution in [0, 0.1) is 0 Å². The third kappa shape index (κ3) is 4.18. The molecule has 6 nitrogen and oxygen atoms in total. The summed E-state index contributed by atoms with van der Waals surface area (Å²) in [6.45, 7) is 9.51. The van der Waals surface area contributed by atoms with Gasteiger partial charge in [0.2, 0.25) is 0 Å². The Morgan fingerprint density at radius 2 is 1.90 bits per heavy atom. The van der Waals surface area contributed by atoms with Crippen molar-refractivity contribution in [1.29, 1.82) is 0 Å². The van der Waals surface area contributed by atoms with Gasteiger partial charge in [-0.3, -0.25) is 4.79 Å². The molecule has 164 valence electrons. The lowest BCUT2D eigenvalue weighted by Gasteiger charge is -2.19. The molecule has 4 rings (SSSR count). The first-order valence-electron chi connectivity index (χ1n) is 10.9. The minimum atomic E-state index is -0.148. The molecular formula is C25H32N4O2. The van der Waals surface area contributed by atoms with Gasteiger partial charge in [-0.2, -0.15) is 0 Å². The lowest BCUT2D eigenvalue weighted by atomic mass is 9.87. The molecule has 2 atom stereocenters. The van der Waals surface area contributed by atoms with Gasteiger partial charge < -0.3 is 14.6 Å². The molecule has 0 saturated carbocycles. The zero-order chi connectivity index (χ0) is 22.2. The highest BCUT2D eigenvalue weighted by atomic mass is 16.5. The van der Waals surface area contributed by atoms with Crippen molar-refractivity contribution in [3.05, 3.63) is 65.4 Å². The highest BCUT2D eigenvalue weighted by molar-refractivity contribution is 5.94. The topological polar surface area (TPSA) is 67.3 Å². The number of nitrogens with zero attached hydrogens (tertiary/aromatic N) is 1. The number of nitrogens with one attached hydrogen (secondary N) is 3. The third-order valence-electron chi connectivity index (χ3n) is 6.05. The predicted molar refractivity (Wildman–Crippen MR) is 124 cm³/mol. The fourth-order valence-electron chi connectivity index (χ4n) is 4.31. The fourth-order valence-corrected chi connectivity index (χ4v) is 4.31. The van der Waals surface area contributed by atoms with Crippen LogP contribution in [0.25, 0.3) is 10.9 Å². The van der Waals surface area contributed by atoms with Crippen molar-refractivity contribution in [3.8, 4) is 5.75 Å². The zero-order valence-electron chi connectivity index (χ0n) is 19.0. The van der Waals surface area contributed by atoms with Crippen molar-refractivity contribution in [3.63, 3.8) is 0 Å². The number of fused-ring (bicyclic) bond motifs is 1. The molecular weight excluding hydrogens is 388 g/mol. The molecule has 2 heterocycles. The minimum Gasteiger partial charge on any atom is -0.496 e. The Morgan fingerprint density at radius 3 is 2.55 bits per heavy atom. The van der Waals surface area contributed by atoms with Gasteiger partial charge in [-0.05, 0) is 48.2 Å². The first kappa shape index (κ1) is 21.4. The summed E-state index contributed by atoms with van der Waals surface area (Å²) in [4.78, 5) is 12.8. The molecule has 0 radical (unpaired) electrons. The SMILES string of the molecule is CCn1c(C2CC(NC(=O)c3ccc(C(C)(C)C)cc3)NN2)cc2c(OC)cccc21. The number of hydrazine groups is 1. The monoisotopic (exact) mass is 420 g/mol. The molecule has 1 aliphatic rings. The largest absolute Gasteiger partial charge is 0.496 e. The number of aromatic nitrogens is 1. The van der Waals surface area contributed by atoms with Gasteiger partial charge in [0, 0.05) is 29.6 Å². The van der Waals surface area contributed by atoms with Crippen molar-refractivity contribution in [2.45, 2.75) is 58.3 Å². The molecule has 1 fully saturated rings. The Kier molecular flexibility index (Phi) is 5.77.